The summed E-state index contributed by atoms with van der Waals surface area (Å²) >= 11 is 0. The Morgan fingerprint density at radius 2 is 1.51 bits per heavy atom. The molecule has 37 heavy (non-hydrogen) atoms. The number of rotatable bonds is 8. The molecule has 10 nitrogen and oxygen atoms in total. The third-order valence-corrected chi connectivity index (χ3v) is 5.78. The number of aliphatic hydroxyl groups excluding tert-OH is 3. The van der Waals surface area contributed by atoms with Gasteiger partial charge in [0.05, 0.1) is 12.2 Å². The zero-order valence-corrected chi connectivity index (χ0v) is 19.5. The van der Waals surface area contributed by atoms with Crippen LogP contribution in [0.3, 0.4) is 0 Å². The number of phenols is 1. The van der Waals surface area contributed by atoms with Gasteiger partial charge in [0.2, 0.25) is 6.29 Å². The molecule has 5 unspecified atom stereocenters. The molecule has 1 aliphatic heterocycles. The number of hydrogen-bond acceptors (Lipinski definition) is 10. The summed E-state index contributed by atoms with van der Waals surface area (Å²) in [5, 5.41) is 40.5. The number of carbonyl (C=O) groups excluding carboxylic acids is 2. The van der Waals surface area contributed by atoms with Crippen molar-refractivity contribution in [2.45, 2.75) is 37.3 Å². The van der Waals surface area contributed by atoms with Gasteiger partial charge in [-0.15, -0.1) is 0 Å². The van der Waals surface area contributed by atoms with E-state index < -0.39 is 49.3 Å². The number of phenolic OH excluding ortho intramolecular Hbond substituents is 1. The molecule has 3 aromatic rings. The quantitative estimate of drug-likeness (QED) is 0.330. The highest BCUT2D eigenvalue weighted by Gasteiger charge is 2.48. The van der Waals surface area contributed by atoms with Crippen molar-refractivity contribution in [2.24, 2.45) is 0 Å². The van der Waals surface area contributed by atoms with Gasteiger partial charge in [-0.1, -0.05) is 48.5 Å². The molecule has 3 aromatic carbocycles. The summed E-state index contributed by atoms with van der Waals surface area (Å²) in [4.78, 5) is 25.1. The predicted molar refractivity (Wildman–Crippen MR) is 128 cm³/mol. The maximum Gasteiger partial charge on any atom is 0.342 e. The van der Waals surface area contributed by atoms with Crippen LogP contribution in [-0.4, -0.2) is 69.7 Å². The highest BCUT2D eigenvalue weighted by molar-refractivity contribution is 5.92. The Bertz CT molecular complexity index is 1210. The summed E-state index contributed by atoms with van der Waals surface area (Å²) in [5.74, 6) is -1.58. The molecule has 1 fully saturated rings. The van der Waals surface area contributed by atoms with E-state index in [0.717, 1.165) is 0 Å². The summed E-state index contributed by atoms with van der Waals surface area (Å²) in [6.45, 7) is -0.865. The van der Waals surface area contributed by atoms with Crippen LogP contribution in [0.1, 0.15) is 26.3 Å². The average molecular weight is 510 g/mol. The number of hydrogen-bond donors (Lipinski definition) is 4. The average Bonchev–Trinajstić information content (AvgIpc) is 2.92. The highest BCUT2D eigenvalue weighted by atomic mass is 16.7. The third kappa shape index (κ3) is 6.07. The molecule has 194 valence electrons. The number of esters is 2. The first-order valence-electron chi connectivity index (χ1n) is 11.5. The molecule has 0 aliphatic carbocycles. The first-order valence-corrected chi connectivity index (χ1v) is 11.5. The van der Waals surface area contributed by atoms with Crippen molar-refractivity contribution >= 4 is 11.9 Å². The molecule has 10 heteroatoms. The predicted octanol–water partition coefficient (Wildman–Crippen LogP) is 1.79. The van der Waals surface area contributed by atoms with E-state index in [1.807, 2.05) is 0 Å². The van der Waals surface area contributed by atoms with Crippen molar-refractivity contribution in [3.05, 3.63) is 95.6 Å². The molecule has 0 saturated carbocycles. The van der Waals surface area contributed by atoms with Crippen molar-refractivity contribution in [2.75, 3.05) is 6.61 Å². The van der Waals surface area contributed by atoms with E-state index in [1.54, 1.807) is 54.6 Å². The van der Waals surface area contributed by atoms with Crippen LogP contribution in [0.2, 0.25) is 0 Å². The fourth-order valence-electron chi connectivity index (χ4n) is 3.77. The van der Waals surface area contributed by atoms with Gasteiger partial charge in [-0.3, -0.25) is 0 Å². The Hall–Kier alpha value is -3.96. The van der Waals surface area contributed by atoms with Crippen LogP contribution in [0.15, 0.2) is 78.9 Å². The van der Waals surface area contributed by atoms with Crippen LogP contribution in [0.5, 0.6) is 11.5 Å². The number of carbonyl (C=O) groups is 2. The normalized spacial score (nSPS) is 23.2. The maximum absolute atomic E-state index is 12.7. The Kier molecular flexibility index (Phi) is 8.36. The van der Waals surface area contributed by atoms with E-state index in [2.05, 4.69) is 0 Å². The molecule has 4 N–H and O–H groups in total. The van der Waals surface area contributed by atoms with Gasteiger partial charge in [-0.2, -0.15) is 0 Å². The van der Waals surface area contributed by atoms with Crippen LogP contribution >= 0.6 is 0 Å². The molecule has 0 bridgehead atoms. The van der Waals surface area contributed by atoms with E-state index in [1.165, 1.54) is 24.3 Å². The Morgan fingerprint density at radius 3 is 2.24 bits per heavy atom. The third-order valence-electron chi connectivity index (χ3n) is 5.78. The first-order chi connectivity index (χ1) is 17.9. The first kappa shape index (κ1) is 26.1. The summed E-state index contributed by atoms with van der Waals surface area (Å²) in [5.41, 5.74) is 0.611. The number of aromatic hydroxyl groups is 1. The van der Waals surface area contributed by atoms with Crippen molar-refractivity contribution in [3.63, 3.8) is 0 Å². The van der Waals surface area contributed by atoms with Gasteiger partial charge in [0.15, 0.2) is 6.10 Å². The summed E-state index contributed by atoms with van der Waals surface area (Å²) in [7, 11) is 0. The number of aliphatic hydroxyl groups is 3. The Labute approximate surface area is 212 Å². The van der Waals surface area contributed by atoms with E-state index in [4.69, 9.17) is 18.9 Å². The molecular weight excluding hydrogens is 484 g/mol. The molecule has 0 amide bonds. The highest BCUT2D eigenvalue weighted by Crippen LogP contribution is 2.29. The van der Waals surface area contributed by atoms with Gasteiger partial charge in [0, 0.05) is 5.56 Å². The number of benzene rings is 3. The fourth-order valence-corrected chi connectivity index (χ4v) is 3.77. The zero-order chi connectivity index (χ0) is 26.4. The van der Waals surface area contributed by atoms with Crippen LogP contribution in [0, 0.1) is 0 Å². The molecule has 1 aliphatic rings. The smallest absolute Gasteiger partial charge is 0.342 e. The van der Waals surface area contributed by atoms with Crippen molar-refractivity contribution in [1.82, 2.24) is 0 Å². The molecule has 0 aromatic heterocycles. The summed E-state index contributed by atoms with van der Waals surface area (Å²) < 4.78 is 22.3. The monoisotopic (exact) mass is 510 g/mol. The van der Waals surface area contributed by atoms with E-state index in [-0.39, 0.29) is 29.2 Å². The van der Waals surface area contributed by atoms with Crippen LogP contribution in [0.25, 0.3) is 0 Å². The van der Waals surface area contributed by atoms with Crippen molar-refractivity contribution in [1.29, 1.82) is 0 Å². The molecule has 1 heterocycles. The van der Waals surface area contributed by atoms with Crippen molar-refractivity contribution in [3.8, 4) is 11.5 Å². The van der Waals surface area contributed by atoms with E-state index in [0.29, 0.717) is 5.56 Å². The maximum atomic E-state index is 12.7. The second-order valence-electron chi connectivity index (χ2n) is 8.26. The Balaban J connectivity index is 1.53. The standard InChI is InChI=1S/C27H26O10/c28-14-21-22(30)23(31)24(37-25(32)16-8-2-1-3-9-16)27(36-21)35-20-13-7-4-10-17(20)15-34-26(33)18-11-5-6-12-19(18)29/h1-13,21-24,27-31H,14-15H2. The molecule has 5 atom stereocenters. The van der Waals surface area contributed by atoms with Crippen LogP contribution in [0.4, 0.5) is 0 Å². The largest absolute Gasteiger partial charge is 0.507 e. The zero-order valence-electron chi connectivity index (χ0n) is 19.5. The lowest BCUT2D eigenvalue weighted by Crippen LogP contribution is -2.61. The minimum Gasteiger partial charge on any atom is -0.507 e. The lowest BCUT2D eigenvalue weighted by Gasteiger charge is -2.41. The van der Waals surface area contributed by atoms with Crippen molar-refractivity contribution < 1.29 is 49.0 Å². The lowest BCUT2D eigenvalue weighted by molar-refractivity contribution is -0.276. The molecule has 0 spiro atoms. The topological polar surface area (TPSA) is 152 Å². The van der Waals surface area contributed by atoms with Gasteiger partial charge >= 0.3 is 11.9 Å². The van der Waals surface area contributed by atoms with Gasteiger partial charge in [0.1, 0.15) is 42.0 Å². The SMILES string of the molecule is O=C(OC1C(Oc2ccccc2COC(=O)c2ccccc2O)OC(CO)C(O)C1O)c1ccccc1. The minimum atomic E-state index is -1.63. The summed E-state index contributed by atoms with van der Waals surface area (Å²) in [6.07, 6.45) is -7.26. The van der Waals surface area contributed by atoms with Gasteiger partial charge in [0.25, 0.3) is 0 Å². The minimum absolute atomic E-state index is 0.00713. The molecule has 0 radical (unpaired) electrons. The van der Waals surface area contributed by atoms with E-state index in [9.17, 15) is 30.0 Å². The van der Waals surface area contributed by atoms with Gasteiger partial charge in [-0.25, -0.2) is 9.59 Å². The number of ether oxygens (including phenoxy) is 4. The molecule has 1 saturated heterocycles. The second kappa shape index (κ2) is 11.8. The summed E-state index contributed by atoms with van der Waals surface area (Å²) in [6, 6.07) is 20.5. The fraction of sp³-hybridized carbons (Fsp3) is 0.259. The molecular formula is C27H26O10. The Morgan fingerprint density at radius 1 is 0.838 bits per heavy atom. The van der Waals surface area contributed by atoms with Gasteiger partial charge in [-0.05, 0) is 30.3 Å². The van der Waals surface area contributed by atoms with E-state index >= 15 is 0 Å². The lowest BCUT2D eigenvalue weighted by atomic mass is 9.99. The van der Waals surface area contributed by atoms with Crippen LogP contribution < -0.4 is 4.74 Å². The number of para-hydroxylation sites is 2. The van der Waals surface area contributed by atoms with Gasteiger partial charge < -0.3 is 39.4 Å². The molecule has 4 rings (SSSR count). The second-order valence-corrected chi connectivity index (χ2v) is 8.26. The van der Waals surface area contributed by atoms with Crippen LogP contribution in [-0.2, 0) is 20.8 Å².